The standard InChI is InChI=1S/C16H20N2O3/c1-11-6-13(8-17-2)9-18-16(11)21-14-5-4-12(10-19)7-15(14)20-3/h4-7,9,17,19H,8,10H2,1-3H3. The number of nitrogens with one attached hydrogen (secondary N) is 1. The quantitative estimate of drug-likeness (QED) is 0.854. The van der Waals surface area contributed by atoms with Crippen LogP contribution in [0.5, 0.6) is 17.4 Å². The van der Waals surface area contributed by atoms with Gasteiger partial charge in [-0.25, -0.2) is 4.98 Å². The van der Waals surface area contributed by atoms with E-state index in [1.54, 1.807) is 31.5 Å². The molecule has 0 amide bonds. The van der Waals surface area contributed by atoms with Gasteiger partial charge in [-0.1, -0.05) is 6.07 Å². The molecule has 0 atom stereocenters. The topological polar surface area (TPSA) is 63.6 Å². The number of aromatic nitrogens is 1. The second kappa shape index (κ2) is 7.06. The molecule has 0 aliphatic carbocycles. The fourth-order valence-electron chi connectivity index (χ4n) is 2.03. The number of rotatable bonds is 6. The number of aliphatic hydroxyl groups excluding tert-OH is 1. The van der Waals surface area contributed by atoms with E-state index in [0.29, 0.717) is 17.4 Å². The van der Waals surface area contributed by atoms with Crippen LogP contribution in [0, 0.1) is 6.92 Å². The first-order valence-electron chi connectivity index (χ1n) is 6.73. The van der Waals surface area contributed by atoms with Gasteiger partial charge in [-0.2, -0.15) is 0 Å². The summed E-state index contributed by atoms with van der Waals surface area (Å²) in [7, 11) is 3.47. The van der Waals surface area contributed by atoms with Gasteiger partial charge in [0.25, 0.3) is 0 Å². The summed E-state index contributed by atoms with van der Waals surface area (Å²) in [4.78, 5) is 4.34. The molecule has 1 heterocycles. The van der Waals surface area contributed by atoms with Crippen molar-refractivity contribution in [1.29, 1.82) is 0 Å². The van der Waals surface area contributed by atoms with Gasteiger partial charge in [-0.05, 0) is 43.3 Å². The molecule has 0 fully saturated rings. The minimum atomic E-state index is -0.0351. The maximum Gasteiger partial charge on any atom is 0.222 e. The highest BCUT2D eigenvalue weighted by molar-refractivity contribution is 5.45. The molecule has 21 heavy (non-hydrogen) atoms. The van der Waals surface area contributed by atoms with Crippen molar-refractivity contribution >= 4 is 0 Å². The Kier molecular flexibility index (Phi) is 5.14. The number of benzene rings is 1. The fraction of sp³-hybridized carbons (Fsp3) is 0.312. The Morgan fingerprint density at radius 3 is 2.62 bits per heavy atom. The van der Waals surface area contributed by atoms with E-state index < -0.39 is 0 Å². The van der Waals surface area contributed by atoms with Gasteiger partial charge in [0.1, 0.15) is 0 Å². The van der Waals surface area contributed by atoms with Gasteiger partial charge in [0, 0.05) is 18.3 Å². The zero-order valence-electron chi connectivity index (χ0n) is 12.5. The van der Waals surface area contributed by atoms with Crippen LogP contribution in [0.4, 0.5) is 0 Å². The Morgan fingerprint density at radius 2 is 2.00 bits per heavy atom. The number of hydrogen-bond acceptors (Lipinski definition) is 5. The van der Waals surface area contributed by atoms with Crippen LogP contribution in [0.1, 0.15) is 16.7 Å². The summed E-state index contributed by atoms with van der Waals surface area (Å²) in [6.45, 7) is 2.69. The van der Waals surface area contributed by atoms with Gasteiger partial charge >= 0.3 is 0 Å². The zero-order valence-corrected chi connectivity index (χ0v) is 12.5. The second-order valence-corrected chi connectivity index (χ2v) is 4.74. The van der Waals surface area contributed by atoms with E-state index in [2.05, 4.69) is 10.3 Å². The van der Waals surface area contributed by atoms with Gasteiger partial charge in [0.15, 0.2) is 11.5 Å². The highest BCUT2D eigenvalue weighted by atomic mass is 16.5. The van der Waals surface area contributed by atoms with Crippen molar-refractivity contribution in [3.63, 3.8) is 0 Å². The lowest BCUT2D eigenvalue weighted by atomic mass is 10.2. The molecule has 1 aromatic carbocycles. The van der Waals surface area contributed by atoms with Crippen molar-refractivity contribution in [2.24, 2.45) is 0 Å². The van der Waals surface area contributed by atoms with Gasteiger partial charge in [0.05, 0.1) is 13.7 Å². The van der Waals surface area contributed by atoms with Crippen molar-refractivity contribution < 1.29 is 14.6 Å². The smallest absolute Gasteiger partial charge is 0.222 e. The first-order chi connectivity index (χ1) is 10.2. The third-order valence-electron chi connectivity index (χ3n) is 3.09. The summed E-state index contributed by atoms with van der Waals surface area (Å²) in [5.74, 6) is 1.69. The molecule has 0 spiro atoms. The SMILES string of the molecule is CNCc1cnc(Oc2ccc(CO)cc2OC)c(C)c1. The van der Waals surface area contributed by atoms with Crippen LogP contribution in [-0.4, -0.2) is 24.2 Å². The van der Waals surface area contributed by atoms with E-state index in [4.69, 9.17) is 14.6 Å². The third kappa shape index (κ3) is 3.71. The molecule has 0 aliphatic rings. The van der Waals surface area contributed by atoms with Gasteiger partial charge in [0.2, 0.25) is 5.88 Å². The lowest BCUT2D eigenvalue weighted by Gasteiger charge is -2.13. The van der Waals surface area contributed by atoms with Crippen LogP contribution in [0.3, 0.4) is 0 Å². The van der Waals surface area contributed by atoms with Crippen LogP contribution in [-0.2, 0) is 13.2 Å². The predicted octanol–water partition coefficient (Wildman–Crippen LogP) is 2.40. The van der Waals surface area contributed by atoms with E-state index in [0.717, 1.165) is 23.2 Å². The van der Waals surface area contributed by atoms with Crippen molar-refractivity contribution in [2.75, 3.05) is 14.2 Å². The summed E-state index contributed by atoms with van der Waals surface area (Å²) in [6.07, 6.45) is 1.79. The van der Waals surface area contributed by atoms with E-state index in [9.17, 15) is 0 Å². The number of ether oxygens (including phenoxy) is 2. The second-order valence-electron chi connectivity index (χ2n) is 4.74. The van der Waals surface area contributed by atoms with E-state index in [-0.39, 0.29) is 6.61 Å². The summed E-state index contributed by atoms with van der Waals surface area (Å²) in [5.41, 5.74) is 2.83. The maximum absolute atomic E-state index is 9.15. The molecule has 2 rings (SSSR count). The minimum Gasteiger partial charge on any atom is -0.493 e. The molecule has 0 radical (unpaired) electrons. The minimum absolute atomic E-state index is 0.0351. The molecule has 0 bridgehead atoms. The van der Waals surface area contributed by atoms with Crippen LogP contribution in [0.25, 0.3) is 0 Å². The zero-order chi connectivity index (χ0) is 15.2. The Labute approximate surface area is 124 Å². The molecule has 0 unspecified atom stereocenters. The highest BCUT2D eigenvalue weighted by Crippen LogP contribution is 2.32. The van der Waals surface area contributed by atoms with Crippen molar-refractivity contribution in [1.82, 2.24) is 10.3 Å². The largest absolute Gasteiger partial charge is 0.493 e. The molecule has 2 aromatic rings. The molecule has 0 saturated heterocycles. The molecule has 0 aliphatic heterocycles. The molecule has 0 saturated carbocycles. The molecule has 5 nitrogen and oxygen atoms in total. The lowest BCUT2D eigenvalue weighted by molar-refractivity contribution is 0.280. The Hall–Kier alpha value is -2.11. The van der Waals surface area contributed by atoms with Gasteiger partial charge in [-0.15, -0.1) is 0 Å². The Bertz CT molecular complexity index is 614. The number of aryl methyl sites for hydroxylation is 1. The van der Waals surface area contributed by atoms with Crippen molar-refractivity contribution in [3.05, 3.63) is 47.2 Å². The molecular formula is C16H20N2O3. The normalized spacial score (nSPS) is 10.5. The Morgan fingerprint density at radius 1 is 1.19 bits per heavy atom. The monoisotopic (exact) mass is 288 g/mol. The number of aliphatic hydroxyl groups is 1. The lowest BCUT2D eigenvalue weighted by Crippen LogP contribution is -2.06. The van der Waals surface area contributed by atoms with Gasteiger partial charge in [-0.3, -0.25) is 0 Å². The van der Waals surface area contributed by atoms with E-state index >= 15 is 0 Å². The first kappa shape index (κ1) is 15.3. The average Bonchev–Trinajstić information content (AvgIpc) is 2.50. The van der Waals surface area contributed by atoms with Crippen LogP contribution >= 0.6 is 0 Å². The summed E-state index contributed by atoms with van der Waals surface area (Å²) >= 11 is 0. The van der Waals surface area contributed by atoms with Crippen LogP contribution < -0.4 is 14.8 Å². The maximum atomic E-state index is 9.15. The fourth-order valence-corrected chi connectivity index (χ4v) is 2.03. The molecule has 112 valence electrons. The van der Waals surface area contributed by atoms with Crippen LogP contribution in [0.2, 0.25) is 0 Å². The molecule has 1 aromatic heterocycles. The summed E-state index contributed by atoms with van der Waals surface area (Å²) in [6, 6.07) is 7.35. The van der Waals surface area contributed by atoms with Gasteiger partial charge < -0.3 is 19.9 Å². The third-order valence-corrected chi connectivity index (χ3v) is 3.09. The summed E-state index contributed by atoms with van der Waals surface area (Å²) in [5, 5.41) is 12.2. The molecule has 2 N–H and O–H groups in total. The summed E-state index contributed by atoms with van der Waals surface area (Å²) < 4.78 is 11.1. The van der Waals surface area contributed by atoms with Crippen molar-refractivity contribution in [3.8, 4) is 17.4 Å². The Balaban J connectivity index is 2.25. The number of hydrogen-bond donors (Lipinski definition) is 2. The van der Waals surface area contributed by atoms with E-state index in [1.165, 1.54) is 0 Å². The molecular weight excluding hydrogens is 268 g/mol. The first-order valence-corrected chi connectivity index (χ1v) is 6.73. The highest BCUT2D eigenvalue weighted by Gasteiger charge is 2.10. The number of pyridine rings is 1. The van der Waals surface area contributed by atoms with Crippen LogP contribution in [0.15, 0.2) is 30.5 Å². The molecule has 5 heteroatoms. The van der Waals surface area contributed by atoms with Crippen molar-refractivity contribution in [2.45, 2.75) is 20.1 Å². The predicted molar refractivity (Wildman–Crippen MR) is 80.7 cm³/mol. The van der Waals surface area contributed by atoms with E-state index in [1.807, 2.05) is 20.0 Å². The number of methoxy groups -OCH3 is 1. The number of nitrogens with zero attached hydrogens (tertiary/aromatic N) is 1. The average molecular weight is 288 g/mol.